The van der Waals surface area contributed by atoms with Crippen LogP contribution in [0.15, 0.2) is 42.6 Å². The van der Waals surface area contributed by atoms with E-state index in [1.165, 1.54) is 19.2 Å². The summed E-state index contributed by atoms with van der Waals surface area (Å²) in [7, 11) is 1.44. The van der Waals surface area contributed by atoms with E-state index in [4.69, 9.17) is 9.47 Å². The van der Waals surface area contributed by atoms with Gasteiger partial charge in [-0.2, -0.15) is 0 Å². The fraction of sp³-hybridized carbons (Fsp3) is 0.276. The minimum absolute atomic E-state index is 0.186. The lowest BCUT2D eigenvalue weighted by Gasteiger charge is -2.24. The van der Waals surface area contributed by atoms with Crippen molar-refractivity contribution in [2.75, 3.05) is 13.7 Å². The summed E-state index contributed by atoms with van der Waals surface area (Å²) in [5, 5.41) is 10.5. The zero-order valence-corrected chi connectivity index (χ0v) is 20.5. The van der Waals surface area contributed by atoms with Gasteiger partial charge in [-0.25, -0.2) is 8.78 Å². The number of carboxylic acid groups (broad SMARTS) is 1. The minimum Gasteiger partial charge on any atom is -0.493 e. The Kier molecular flexibility index (Phi) is 6.16. The van der Waals surface area contributed by atoms with Crippen LogP contribution < -0.4 is 9.47 Å². The number of fused-ring (bicyclic) bond motifs is 2. The number of carboxylic acids is 1. The van der Waals surface area contributed by atoms with Crippen molar-refractivity contribution in [1.82, 2.24) is 4.57 Å². The van der Waals surface area contributed by atoms with Crippen molar-refractivity contribution >= 4 is 16.9 Å². The third-order valence-electron chi connectivity index (χ3n) is 7.03. The Labute approximate surface area is 207 Å². The number of rotatable bonds is 6. The number of aryl methyl sites for hydroxylation is 1. The van der Waals surface area contributed by atoms with Crippen LogP contribution in [0.5, 0.6) is 11.5 Å². The zero-order valence-electron chi connectivity index (χ0n) is 20.5. The van der Waals surface area contributed by atoms with Crippen molar-refractivity contribution in [2.24, 2.45) is 0 Å². The van der Waals surface area contributed by atoms with Gasteiger partial charge in [0, 0.05) is 28.2 Å². The average molecular weight is 492 g/mol. The van der Waals surface area contributed by atoms with Crippen molar-refractivity contribution in [3.8, 4) is 22.6 Å². The molecule has 0 bridgehead atoms. The fourth-order valence-electron chi connectivity index (χ4n) is 5.34. The molecule has 3 aromatic carbocycles. The molecule has 2 heterocycles. The predicted molar refractivity (Wildman–Crippen MR) is 134 cm³/mol. The average Bonchev–Trinajstić information content (AvgIpc) is 3.24. The molecule has 0 atom stereocenters. The van der Waals surface area contributed by atoms with E-state index >= 15 is 4.39 Å². The number of methoxy groups -OCH3 is 1. The van der Waals surface area contributed by atoms with E-state index in [1.807, 2.05) is 42.8 Å². The highest BCUT2D eigenvalue weighted by Crippen LogP contribution is 2.42. The molecule has 5 rings (SSSR count). The van der Waals surface area contributed by atoms with E-state index in [9.17, 15) is 14.3 Å². The molecule has 4 aromatic rings. The number of benzene rings is 3. The Morgan fingerprint density at radius 1 is 1.17 bits per heavy atom. The van der Waals surface area contributed by atoms with E-state index in [0.29, 0.717) is 47.6 Å². The van der Waals surface area contributed by atoms with Gasteiger partial charge in [0.2, 0.25) is 0 Å². The van der Waals surface area contributed by atoms with Crippen LogP contribution in [-0.4, -0.2) is 29.4 Å². The van der Waals surface area contributed by atoms with Crippen molar-refractivity contribution < 1.29 is 28.2 Å². The molecule has 186 valence electrons. The molecule has 1 N–H and O–H groups in total. The van der Waals surface area contributed by atoms with E-state index in [0.717, 1.165) is 34.0 Å². The molecular formula is C29H27F2NO4. The van der Waals surface area contributed by atoms with E-state index in [2.05, 4.69) is 0 Å². The van der Waals surface area contributed by atoms with Gasteiger partial charge >= 0.3 is 5.97 Å². The van der Waals surface area contributed by atoms with Gasteiger partial charge in [-0.05, 0) is 78.8 Å². The Balaban J connectivity index is 1.75. The van der Waals surface area contributed by atoms with Gasteiger partial charge < -0.3 is 19.1 Å². The Morgan fingerprint density at radius 3 is 2.72 bits per heavy atom. The zero-order chi connectivity index (χ0) is 25.6. The van der Waals surface area contributed by atoms with Crippen LogP contribution in [-0.2, 0) is 24.2 Å². The highest BCUT2D eigenvalue weighted by Gasteiger charge is 2.25. The van der Waals surface area contributed by atoms with Crippen molar-refractivity contribution in [3.63, 3.8) is 0 Å². The third kappa shape index (κ3) is 3.98. The second kappa shape index (κ2) is 9.30. The second-order valence-corrected chi connectivity index (χ2v) is 9.22. The quantitative estimate of drug-likeness (QED) is 0.348. The van der Waals surface area contributed by atoms with Gasteiger partial charge in [-0.3, -0.25) is 4.79 Å². The molecule has 1 aromatic heterocycles. The third-order valence-corrected chi connectivity index (χ3v) is 7.03. The SMILES string of the molecule is COc1c(F)cccc1Cn1ccc2c(-c3cc(F)c4c(c3C)CCCO4)c(CC(=O)O)c(C)cc21. The van der Waals surface area contributed by atoms with Gasteiger partial charge in [-0.15, -0.1) is 0 Å². The molecular weight excluding hydrogens is 464 g/mol. The Morgan fingerprint density at radius 2 is 1.97 bits per heavy atom. The van der Waals surface area contributed by atoms with Crippen LogP contribution in [0.1, 0.15) is 34.2 Å². The number of ether oxygens (including phenoxy) is 2. The molecule has 7 heteroatoms. The number of hydrogen-bond acceptors (Lipinski definition) is 3. The molecule has 0 aliphatic carbocycles. The van der Waals surface area contributed by atoms with Crippen LogP contribution >= 0.6 is 0 Å². The summed E-state index contributed by atoms with van der Waals surface area (Å²) in [5.41, 5.74) is 6.06. The maximum Gasteiger partial charge on any atom is 0.307 e. The number of aromatic nitrogens is 1. The van der Waals surface area contributed by atoms with Crippen LogP contribution in [0.2, 0.25) is 0 Å². The monoisotopic (exact) mass is 491 g/mol. The molecule has 0 saturated heterocycles. The molecule has 0 unspecified atom stereocenters. The van der Waals surface area contributed by atoms with E-state index < -0.39 is 17.6 Å². The molecule has 5 nitrogen and oxygen atoms in total. The molecule has 0 spiro atoms. The minimum atomic E-state index is -0.956. The van der Waals surface area contributed by atoms with Crippen molar-refractivity contribution in [2.45, 2.75) is 39.7 Å². The highest BCUT2D eigenvalue weighted by atomic mass is 19.1. The van der Waals surface area contributed by atoms with Crippen molar-refractivity contribution in [1.29, 1.82) is 0 Å². The lowest BCUT2D eigenvalue weighted by Crippen LogP contribution is -2.13. The fourth-order valence-corrected chi connectivity index (χ4v) is 5.34. The first-order chi connectivity index (χ1) is 17.3. The predicted octanol–water partition coefficient (Wildman–Crippen LogP) is 6.21. The van der Waals surface area contributed by atoms with Crippen LogP contribution in [0, 0.1) is 25.5 Å². The summed E-state index contributed by atoms with van der Waals surface area (Å²) >= 11 is 0. The summed E-state index contributed by atoms with van der Waals surface area (Å²) in [6.07, 6.45) is 3.20. The van der Waals surface area contributed by atoms with E-state index in [1.54, 1.807) is 6.07 Å². The number of hydrogen-bond donors (Lipinski definition) is 1. The number of aliphatic carboxylic acids is 1. The first kappa shape index (κ1) is 23.9. The number of carbonyl (C=O) groups is 1. The number of halogens is 2. The first-order valence-electron chi connectivity index (χ1n) is 11.9. The lowest BCUT2D eigenvalue weighted by atomic mass is 9.86. The molecule has 0 amide bonds. The summed E-state index contributed by atoms with van der Waals surface area (Å²) < 4.78 is 42.4. The summed E-state index contributed by atoms with van der Waals surface area (Å²) in [5.74, 6) is -1.35. The molecule has 1 aliphatic rings. The summed E-state index contributed by atoms with van der Waals surface area (Å²) in [6.45, 7) is 4.64. The number of nitrogens with zero attached hydrogens (tertiary/aromatic N) is 1. The van der Waals surface area contributed by atoms with Crippen LogP contribution in [0.3, 0.4) is 0 Å². The Hall–Kier alpha value is -3.87. The van der Waals surface area contributed by atoms with Gasteiger partial charge in [0.05, 0.1) is 26.7 Å². The van der Waals surface area contributed by atoms with Gasteiger partial charge in [0.25, 0.3) is 0 Å². The standard InChI is InChI=1S/C29H27F2NO4/c1-16-12-25-20(9-10-32(25)15-18-6-4-8-23(30)28(18)35-3)27(21(16)14-26(33)34)22-13-24(31)29-19(17(22)2)7-5-11-36-29/h4,6,8-10,12-13H,5,7,11,14-15H2,1-3H3,(H,33,34). The van der Waals surface area contributed by atoms with Crippen LogP contribution in [0.25, 0.3) is 22.0 Å². The lowest BCUT2D eigenvalue weighted by molar-refractivity contribution is -0.136. The van der Waals surface area contributed by atoms with Gasteiger partial charge in [0.1, 0.15) is 0 Å². The summed E-state index contributed by atoms with van der Waals surface area (Å²) in [4.78, 5) is 11.8. The topological polar surface area (TPSA) is 60.7 Å². The molecule has 0 radical (unpaired) electrons. The summed E-state index contributed by atoms with van der Waals surface area (Å²) in [6, 6.07) is 10.1. The maximum atomic E-state index is 15.2. The maximum absolute atomic E-state index is 15.2. The normalized spacial score (nSPS) is 12.9. The number of para-hydroxylation sites is 1. The molecule has 0 saturated carbocycles. The molecule has 1 aliphatic heterocycles. The van der Waals surface area contributed by atoms with E-state index in [-0.39, 0.29) is 12.2 Å². The Bertz CT molecular complexity index is 1510. The first-order valence-corrected chi connectivity index (χ1v) is 11.9. The smallest absolute Gasteiger partial charge is 0.307 e. The molecule has 36 heavy (non-hydrogen) atoms. The highest BCUT2D eigenvalue weighted by molar-refractivity contribution is 6.00. The molecule has 0 fully saturated rings. The second-order valence-electron chi connectivity index (χ2n) is 9.22. The van der Waals surface area contributed by atoms with Crippen LogP contribution in [0.4, 0.5) is 8.78 Å². The van der Waals surface area contributed by atoms with Gasteiger partial charge in [0.15, 0.2) is 23.1 Å². The van der Waals surface area contributed by atoms with Gasteiger partial charge in [-0.1, -0.05) is 12.1 Å². The largest absolute Gasteiger partial charge is 0.493 e. The van der Waals surface area contributed by atoms with Crippen molar-refractivity contribution in [3.05, 3.63) is 82.0 Å².